The van der Waals surface area contributed by atoms with Gasteiger partial charge in [-0.05, 0) is 28.8 Å². The summed E-state index contributed by atoms with van der Waals surface area (Å²) in [5.41, 5.74) is 0. The molecule has 0 atom stereocenters. The van der Waals surface area contributed by atoms with Crippen LogP contribution in [0.25, 0.3) is 0 Å². The number of aromatic nitrogens is 4. The number of hydrogen-bond donors (Lipinski definition) is 2. The van der Waals surface area contributed by atoms with Gasteiger partial charge in [-0.25, -0.2) is 15.0 Å². The Morgan fingerprint density at radius 1 is 1.41 bits per heavy atom. The Morgan fingerprint density at radius 3 is 3.00 bits per heavy atom. The number of anilines is 1. The van der Waals surface area contributed by atoms with Crippen LogP contribution in [0.1, 0.15) is 30.4 Å². The number of halogens is 1. The van der Waals surface area contributed by atoms with E-state index >= 15 is 0 Å². The molecule has 88 valence electrons. The van der Waals surface area contributed by atoms with Gasteiger partial charge in [0, 0.05) is 24.4 Å². The van der Waals surface area contributed by atoms with Gasteiger partial charge in [0.1, 0.15) is 22.1 Å². The topological polar surface area (TPSA) is 66.5 Å². The largest absolute Gasteiger partial charge is 0.363 e. The fourth-order valence-corrected chi connectivity index (χ4v) is 2.02. The summed E-state index contributed by atoms with van der Waals surface area (Å²) >= 11 is 3.41. The van der Waals surface area contributed by atoms with E-state index in [-0.39, 0.29) is 0 Å². The molecule has 3 rings (SSSR count). The third-order valence-corrected chi connectivity index (χ3v) is 3.05. The minimum Gasteiger partial charge on any atom is -0.363 e. The maximum absolute atomic E-state index is 4.50. The molecular weight excluding hydrogens is 282 g/mol. The Balaban J connectivity index is 1.73. The van der Waals surface area contributed by atoms with Crippen LogP contribution in [-0.2, 0) is 6.54 Å². The van der Waals surface area contributed by atoms with Crippen LogP contribution in [0.4, 0.5) is 5.82 Å². The van der Waals surface area contributed by atoms with Crippen LogP contribution >= 0.6 is 15.9 Å². The van der Waals surface area contributed by atoms with Crippen molar-refractivity contribution in [2.45, 2.75) is 25.3 Å². The molecule has 0 radical (unpaired) electrons. The highest BCUT2D eigenvalue weighted by atomic mass is 79.9. The monoisotopic (exact) mass is 293 g/mol. The first-order valence-electron chi connectivity index (χ1n) is 5.58. The van der Waals surface area contributed by atoms with Gasteiger partial charge in [-0.15, -0.1) is 0 Å². The van der Waals surface area contributed by atoms with Gasteiger partial charge in [-0.3, -0.25) is 0 Å². The molecular formula is C11H12BrN5. The summed E-state index contributed by atoms with van der Waals surface area (Å²) in [5.74, 6) is 3.22. The van der Waals surface area contributed by atoms with Crippen LogP contribution in [0.5, 0.6) is 0 Å². The maximum Gasteiger partial charge on any atom is 0.135 e. The molecule has 1 aliphatic carbocycles. The highest BCUT2D eigenvalue weighted by molar-refractivity contribution is 9.10. The Hall–Kier alpha value is -1.43. The van der Waals surface area contributed by atoms with Crippen LogP contribution in [0.3, 0.4) is 0 Å². The second-order valence-corrected chi connectivity index (χ2v) is 4.91. The number of hydrogen-bond acceptors (Lipinski definition) is 4. The van der Waals surface area contributed by atoms with Crippen molar-refractivity contribution < 1.29 is 0 Å². The molecule has 0 bridgehead atoms. The van der Waals surface area contributed by atoms with Crippen LogP contribution in [-0.4, -0.2) is 19.9 Å². The second-order valence-electron chi connectivity index (χ2n) is 4.10. The van der Waals surface area contributed by atoms with Crippen molar-refractivity contribution in [2.24, 2.45) is 0 Å². The Morgan fingerprint density at radius 2 is 2.29 bits per heavy atom. The lowest BCUT2D eigenvalue weighted by molar-refractivity contribution is 0.902. The first-order valence-corrected chi connectivity index (χ1v) is 6.37. The summed E-state index contributed by atoms with van der Waals surface area (Å²) in [6, 6.07) is 1.88. The van der Waals surface area contributed by atoms with E-state index in [1.807, 2.05) is 12.3 Å². The standard InChI is InChI=1S/C11H12BrN5/c12-8-5-9(15-6-10-13-3-4-14-10)17-11(16-8)7-1-2-7/h3-5,7H,1-2,6H2,(H,13,14)(H,15,16,17). The zero-order chi connectivity index (χ0) is 11.7. The summed E-state index contributed by atoms with van der Waals surface area (Å²) in [5, 5.41) is 3.24. The van der Waals surface area contributed by atoms with Crippen LogP contribution in [0.15, 0.2) is 23.1 Å². The van der Waals surface area contributed by atoms with Gasteiger partial charge < -0.3 is 10.3 Å². The smallest absolute Gasteiger partial charge is 0.135 e. The molecule has 0 saturated heterocycles. The van der Waals surface area contributed by atoms with Gasteiger partial charge in [0.25, 0.3) is 0 Å². The lowest BCUT2D eigenvalue weighted by Gasteiger charge is -2.06. The highest BCUT2D eigenvalue weighted by Crippen LogP contribution is 2.38. The molecule has 0 amide bonds. The maximum atomic E-state index is 4.50. The molecule has 2 aromatic heterocycles. The van der Waals surface area contributed by atoms with E-state index in [1.165, 1.54) is 12.8 Å². The van der Waals surface area contributed by atoms with Gasteiger partial charge >= 0.3 is 0 Å². The van der Waals surface area contributed by atoms with Crippen molar-refractivity contribution in [1.82, 2.24) is 19.9 Å². The average Bonchev–Trinajstić information content (AvgIpc) is 3.04. The van der Waals surface area contributed by atoms with Crippen LogP contribution in [0, 0.1) is 0 Å². The fraction of sp³-hybridized carbons (Fsp3) is 0.364. The summed E-state index contributed by atoms with van der Waals surface area (Å²) in [6.45, 7) is 0.639. The predicted molar refractivity (Wildman–Crippen MR) is 67.6 cm³/mol. The van der Waals surface area contributed by atoms with Gasteiger partial charge in [0.2, 0.25) is 0 Å². The van der Waals surface area contributed by atoms with Crippen LogP contribution in [0.2, 0.25) is 0 Å². The van der Waals surface area contributed by atoms with E-state index in [2.05, 4.69) is 41.2 Å². The molecule has 17 heavy (non-hydrogen) atoms. The van der Waals surface area contributed by atoms with E-state index < -0.39 is 0 Å². The zero-order valence-electron chi connectivity index (χ0n) is 9.15. The average molecular weight is 294 g/mol. The first kappa shape index (κ1) is 10.7. The Bertz CT molecular complexity index is 507. The quantitative estimate of drug-likeness (QED) is 0.850. The van der Waals surface area contributed by atoms with E-state index in [1.54, 1.807) is 6.20 Å². The van der Waals surface area contributed by atoms with Gasteiger partial charge in [0.05, 0.1) is 6.54 Å². The van der Waals surface area contributed by atoms with Crippen molar-refractivity contribution >= 4 is 21.7 Å². The van der Waals surface area contributed by atoms with Crippen molar-refractivity contribution in [3.8, 4) is 0 Å². The highest BCUT2D eigenvalue weighted by Gasteiger charge is 2.27. The number of H-pyrrole nitrogens is 1. The summed E-state index contributed by atoms with van der Waals surface area (Å²) in [4.78, 5) is 16.1. The summed E-state index contributed by atoms with van der Waals surface area (Å²) in [7, 11) is 0. The molecule has 2 N–H and O–H groups in total. The lowest BCUT2D eigenvalue weighted by Crippen LogP contribution is -2.05. The third-order valence-electron chi connectivity index (χ3n) is 2.65. The number of nitrogens with one attached hydrogen (secondary N) is 2. The molecule has 2 heterocycles. The van der Waals surface area contributed by atoms with E-state index in [4.69, 9.17) is 0 Å². The van der Waals surface area contributed by atoms with Crippen molar-refractivity contribution in [1.29, 1.82) is 0 Å². The lowest BCUT2D eigenvalue weighted by atomic mass is 10.4. The van der Waals surface area contributed by atoms with Crippen molar-refractivity contribution in [2.75, 3.05) is 5.32 Å². The molecule has 0 aliphatic heterocycles. The van der Waals surface area contributed by atoms with Gasteiger partial charge in [-0.1, -0.05) is 0 Å². The van der Waals surface area contributed by atoms with E-state index in [0.717, 1.165) is 22.1 Å². The zero-order valence-corrected chi connectivity index (χ0v) is 10.7. The molecule has 2 aromatic rings. The molecule has 0 aromatic carbocycles. The molecule has 0 spiro atoms. The number of aromatic amines is 1. The summed E-state index contributed by atoms with van der Waals surface area (Å²) in [6.07, 6.45) is 5.95. The Kier molecular flexibility index (Phi) is 2.80. The molecule has 1 fully saturated rings. The van der Waals surface area contributed by atoms with Crippen molar-refractivity contribution in [3.05, 3.63) is 34.7 Å². The minimum absolute atomic E-state index is 0.552. The number of nitrogens with zero attached hydrogens (tertiary/aromatic N) is 3. The molecule has 1 saturated carbocycles. The number of rotatable bonds is 4. The first-order chi connectivity index (χ1) is 8.31. The fourth-order valence-electron chi connectivity index (χ4n) is 1.62. The normalized spacial score (nSPS) is 14.9. The minimum atomic E-state index is 0.552. The molecule has 0 unspecified atom stereocenters. The van der Waals surface area contributed by atoms with Crippen LogP contribution < -0.4 is 5.32 Å². The van der Waals surface area contributed by atoms with Crippen molar-refractivity contribution in [3.63, 3.8) is 0 Å². The third kappa shape index (κ3) is 2.63. The van der Waals surface area contributed by atoms with E-state index in [0.29, 0.717) is 12.5 Å². The number of imidazole rings is 1. The van der Waals surface area contributed by atoms with Gasteiger partial charge in [-0.2, -0.15) is 0 Å². The molecule has 5 nitrogen and oxygen atoms in total. The van der Waals surface area contributed by atoms with E-state index in [9.17, 15) is 0 Å². The molecule has 6 heteroatoms. The second kappa shape index (κ2) is 4.44. The SMILES string of the molecule is Brc1cc(NCc2ncc[nH]2)nc(C2CC2)n1. The summed E-state index contributed by atoms with van der Waals surface area (Å²) < 4.78 is 0.830. The predicted octanol–water partition coefficient (Wildman–Crippen LogP) is 2.45. The van der Waals surface area contributed by atoms with Gasteiger partial charge in [0.15, 0.2) is 0 Å². The Labute approximate surface area is 107 Å². The molecule has 1 aliphatic rings.